The van der Waals surface area contributed by atoms with Crippen molar-refractivity contribution in [1.29, 1.82) is 0 Å². The maximum absolute atomic E-state index is 5.82. The van der Waals surface area contributed by atoms with Gasteiger partial charge in [0, 0.05) is 31.4 Å². The van der Waals surface area contributed by atoms with Crippen molar-refractivity contribution < 1.29 is 4.74 Å². The van der Waals surface area contributed by atoms with Crippen molar-refractivity contribution in [1.82, 2.24) is 15.1 Å². The second-order valence-electron chi connectivity index (χ2n) is 4.72. The summed E-state index contributed by atoms with van der Waals surface area (Å²) in [4.78, 5) is 0. The van der Waals surface area contributed by atoms with Crippen molar-refractivity contribution in [3.63, 3.8) is 0 Å². The smallest absolute Gasteiger partial charge is 0.127 e. The summed E-state index contributed by atoms with van der Waals surface area (Å²) in [7, 11) is 1.96. The lowest BCUT2D eigenvalue weighted by Crippen LogP contribution is -2.37. The molecule has 2 bridgehead atoms. The Hall–Kier alpha value is -0.140. The molecule has 2 aliphatic rings. The first-order valence-corrected chi connectivity index (χ1v) is 6.87. The molecule has 2 fully saturated rings. The summed E-state index contributed by atoms with van der Waals surface area (Å²) >= 11 is 2.29. The monoisotopic (exact) mass is 333 g/mol. The van der Waals surface area contributed by atoms with E-state index in [1.54, 1.807) is 0 Å². The first-order valence-electron chi connectivity index (χ1n) is 5.79. The molecule has 0 aliphatic carbocycles. The van der Waals surface area contributed by atoms with Gasteiger partial charge in [-0.05, 0) is 41.9 Å². The molecular weight excluding hydrogens is 317 g/mol. The van der Waals surface area contributed by atoms with Crippen LogP contribution in [0, 0.1) is 3.70 Å². The molecule has 0 aromatic carbocycles. The van der Waals surface area contributed by atoms with Crippen LogP contribution < -0.4 is 5.32 Å². The van der Waals surface area contributed by atoms with Gasteiger partial charge in [0.05, 0.1) is 12.2 Å². The van der Waals surface area contributed by atoms with E-state index in [-0.39, 0.29) is 0 Å². The van der Waals surface area contributed by atoms with E-state index in [1.165, 1.54) is 24.8 Å². The van der Waals surface area contributed by atoms with Crippen molar-refractivity contribution >= 4 is 22.6 Å². The van der Waals surface area contributed by atoms with Gasteiger partial charge in [-0.1, -0.05) is 0 Å². The Labute approximate surface area is 109 Å². The van der Waals surface area contributed by atoms with Crippen molar-refractivity contribution in [3.05, 3.63) is 15.5 Å². The standard InChI is InChI=1S/C11H16IN3O/c1-15-6-7(11(12)14-15)5-13-9-4-8-2-3-10(9)16-8/h6,8-10,13H,2-5H2,1H3. The molecule has 1 aromatic rings. The third-order valence-corrected chi connectivity index (χ3v) is 4.42. The SMILES string of the molecule is Cn1cc(CNC2CC3CCC2O3)c(I)n1. The fourth-order valence-corrected chi connectivity index (χ4v) is 3.39. The molecular formula is C11H16IN3O. The number of hydrogen-bond donors (Lipinski definition) is 1. The quantitative estimate of drug-likeness (QED) is 0.851. The van der Waals surface area contributed by atoms with E-state index in [0.717, 1.165) is 10.2 Å². The molecule has 0 saturated carbocycles. The minimum absolute atomic E-state index is 0.458. The molecule has 5 heteroatoms. The van der Waals surface area contributed by atoms with Crippen LogP contribution in [0.4, 0.5) is 0 Å². The zero-order valence-corrected chi connectivity index (χ0v) is 11.5. The van der Waals surface area contributed by atoms with Gasteiger partial charge in [0.2, 0.25) is 0 Å². The number of nitrogens with zero attached hydrogens (tertiary/aromatic N) is 2. The van der Waals surface area contributed by atoms with Crippen molar-refractivity contribution in [2.45, 2.75) is 44.1 Å². The number of halogens is 1. The van der Waals surface area contributed by atoms with Crippen LogP contribution >= 0.6 is 22.6 Å². The third kappa shape index (κ3) is 2.00. The minimum atomic E-state index is 0.458. The highest BCUT2D eigenvalue weighted by Gasteiger charge is 2.40. The number of aryl methyl sites for hydroxylation is 1. The Morgan fingerprint density at radius 2 is 2.50 bits per heavy atom. The van der Waals surface area contributed by atoms with Gasteiger partial charge in [-0.3, -0.25) is 4.68 Å². The van der Waals surface area contributed by atoms with Crippen LogP contribution in [-0.4, -0.2) is 28.0 Å². The number of fused-ring (bicyclic) bond motifs is 2. The average molecular weight is 333 g/mol. The Kier molecular flexibility index (Phi) is 2.93. The lowest BCUT2D eigenvalue weighted by atomic mass is 9.95. The fraction of sp³-hybridized carbons (Fsp3) is 0.727. The second kappa shape index (κ2) is 4.27. The van der Waals surface area contributed by atoms with Crippen LogP contribution in [0.15, 0.2) is 6.20 Å². The highest BCUT2D eigenvalue weighted by molar-refractivity contribution is 14.1. The van der Waals surface area contributed by atoms with E-state index < -0.39 is 0 Å². The van der Waals surface area contributed by atoms with Gasteiger partial charge in [0.1, 0.15) is 3.70 Å². The molecule has 3 rings (SSSR count). The zero-order chi connectivity index (χ0) is 11.1. The molecule has 1 N–H and O–H groups in total. The molecule has 3 unspecified atom stereocenters. The summed E-state index contributed by atoms with van der Waals surface area (Å²) < 4.78 is 8.79. The van der Waals surface area contributed by atoms with Crippen LogP contribution in [0.25, 0.3) is 0 Å². The third-order valence-electron chi connectivity index (χ3n) is 3.51. The van der Waals surface area contributed by atoms with Gasteiger partial charge in [-0.2, -0.15) is 5.10 Å². The molecule has 0 amide bonds. The van der Waals surface area contributed by atoms with Crippen molar-refractivity contribution in [3.8, 4) is 0 Å². The molecule has 3 atom stereocenters. The first-order chi connectivity index (χ1) is 7.72. The Balaban J connectivity index is 1.59. The number of aromatic nitrogens is 2. The highest BCUT2D eigenvalue weighted by Crippen LogP contribution is 2.34. The topological polar surface area (TPSA) is 39.1 Å². The molecule has 16 heavy (non-hydrogen) atoms. The Bertz CT molecular complexity index is 393. The normalized spacial score (nSPS) is 32.5. The van der Waals surface area contributed by atoms with Crippen LogP contribution in [0.3, 0.4) is 0 Å². The summed E-state index contributed by atoms with van der Waals surface area (Å²) in [5.41, 5.74) is 1.28. The van der Waals surface area contributed by atoms with Crippen LogP contribution in [0.1, 0.15) is 24.8 Å². The van der Waals surface area contributed by atoms with Gasteiger partial charge >= 0.3 is 0 Å². The Morgan fingerprint density at radius 1 is 1.62 bits per heavy atom. The van der Waals surface area contributed by atoms with Crippen molar-refractivity contribution in [2.75, 3.05) is 0 Å². The van der Waals surface area contributed by atoms with Crippen LogP contribution in [0.5, 0.6) is 0 Å². The molecule has 3 heterocycles. The molecule has 1 aromatic heterocycles. The maximum atomic E-state index is 5.82. The molecule has 0 spiro atoms. The predicted octanol–water partition coefficient (Wildman–Crippen LogP) is 1.43. The lowest BCUT2D eigenvalue weighted by Gasteiger charge is -2.19. The first kappa shape index (κ1) is 11.0. The summed E-state index contributed by atoms with van der Waals surface area (Å²) in [6.45, 7) is 0.906. The van der Waals surface area contributed by atoms with E-state index in [9.17, 15) is 0 Å². The van der Waals surface area contributed by atoms with Crippen LogP contribution in [-0.2, 0) is 18.3 Å². The molecule has 2 saturated heterocycles. The van der Waals surface area contributed by atoms with E-state index >= 15 is 0 Å². The van der Waals surface area contributed by atoms with Gasteiger partial charge in [-0.15, -0.1) is 0 Å². The zero-order valence-electron chi connectivity index (χ0n) is 9.32. The Morgan fingerprint density at radius 3 is 3.06 bits per heavy atom. The average Bonchev–Trinajstić information content (AvgIpc) is 2.91. The lowest BCUT2D eigenvalue weighted by molar-refractivity contribution is 0.0973. The predicted molar refractivity (Wildman–Crippen MR) is 69.1 cm³/mol. The second-order valence-corrected chi connectivity index (χ2v) is 5.74. The van der Waals surface area contributed by atoms with Gasteiger partial charge in [0.15, 0.2) is 0 Å². The molecule has 88 valence electrons. The number of rotatable bonds is 3. The van der Waals surface area contributed by atoms with E-state index in [2.05, 4.69) is 39.2 Å². The summed E-state index contributed by atoms with van der Waals surface area (Å²) in [6.07, 6.45) is 6.74. The van der Waals surface area contributed by atoms with Crippen molar-refractivity contribution in [2.24, 2.45) is 7.05 Å². The highest BCUT2D eigenvalue weighted by atomic mass is 127. The number of hydrogen-bond acceptors (Lipinski definition) is 3. The van der Waals surface area contributed by atoms with E-state index in [4.69, 9.17) is 4.74 Å². The summed E-state index contributed by atoms with van der Waals surface area (Å²) in [5.74, 6) is 0. The summed E-state index contributed by atoms with van der Waals surface area (Å²) in [6, 6.07) is 0.551. The summed E-state index contributed by atoms with van der Waals surface area (Å²) in [5, 5.41) is 7.94. The maximum Gasteiger partial charge on any atom is 0.127 e. The van der Waals surface area contributed by atoms with Gasteiger partial charge in [-0.25, -0.2) is 0 Å². The van der Waals surface area contributed by atoms with Gasteiger partial charge in [0.25, 0.3) is 0 Å². The minimum Gasteiger partial charge on any atom is -0.373 e. The number of ether oxygens (including phenoxy) is 1. The fourth-order valence-electron chi connectivity index (χ4n) is 2.72. The molecule has 0 radical (unpaired) electrons. The molecule has 2 aliphatic heterocycles. The molecule has 4 nitrogen and oxygen atoms in total. The van der Waals surface area contributed by atoms with Crippen LogP contribution in [0.2, 0.25) is 0 Å². The van der Waals surface area contributed by atoms with Gasteiger partial charge < -0.3 is 10.1 Å². The van der Waals surface area contributed by atoms with E-state index in [1.807, 2.05) is 11.7 Å². The largest absolute Gasteiger partial charge is 0.373 e. The van der Waals surface area contributed by atoms with E-state index in [0.29, 0.717) is 18.2 Å². The number of nitrogens with one attached hydrogen (secondary N) is 1.